The van der Waals surface area contributed by atoms with E-state index in [4.69, 9.17) is 9.47 Å². The van der Waals surface area contributed by atoms with Crippen molar-refractivity contribution in [3.8, 4) is 11.5 Å². The van der Waals surface area contributed by atoms with Gasteiger partial charge in [0, 0.05) is 12.1 Å². The smallest absolute Gasteiger partial charge is 0.264 e. The Morgan fingerprint density at radius 3 is 2.38 bits per heavy atom. The number of rotatable bonds is 9. The van der Waals surface area contributed by atoms with Crippen LogP contribution in [0.1, 0.15) is 27.7 Å². The average Bonchev–Trinajstić information content (AvgIpc) is 3.12. The minimum atomic E-state index is -3.66. The molecule has 0 aliphatic heterocycles. The van der Waals surface area contributed by atoms with Crippen molar-refractivity contribution in [2.24, 2.45) is 0 Å². The average molecular weight is 478 g/mol. The number of benzene rings is 2. The number of carbonyl (C=O) groups is 1. The van der Waals surface area contributed by atoms with Gasteiger partial charge in [0.2, 0.25) is 10.0 Å². The molecule has 0 saturated carbocycles. The molecule has 0 bridgehead atoms. The fourth-order valence-corrected chi connectivity index (χ4v) is 6.28. The molecule has 1 aromatic heterocycles. The van der Waals surface area contributed by atoms with Crippen LogP contribution in [0.15, 0.2) is 47.4 Å². The Hall–Kier alpha value is -2.69. The van der Waals surface area contributed by atoms with Crippen molar-refractivity contribution >= 4 is 42.6 Å². The maximum absolute atomic E-state index is 13.1. The number of nitrogens with zero attached hydrogens (tertiary/aromatic N) is 2. The molecule has 2 aromatic carbocycles. The molecule has 0 unspecified atom stereocenters. The van der Waals surface area contributed by atoms with Gasteiger partial charge in [0.15, 0.2) is 23.2 Å². The van der Waals surface area contributed by atoms with Crippen molar-refractivity contribution in [1.82, 2.24) is 9.29 Å². The Morgan fingerprint density at radius 2 is 1.75 bits per heavy atom. The Morgan fingerprint density at radius 1 is 1.09 bits per heavy atom. The highest BCUT2D eigenvalue weighted by molar-refractivity contribution is 7.89. The molecule has 0 atom stereocenters. The van der Waals surface area contributed by atoms with E-state index in [-0.39, 0.29) is 29.5 Å². The van der Waals surface area contributed by atoms with Crippen LogP contribution < -0.4 is 14.8 Å². The summed E-state index contributed by atoms with van der Waals surface area (Å²) >= 11 is 1.21. The van der Waals surface area contributed by atoms with E-state index in [0.29, 0.717) is 26.8 Å². The number of amides is 1. The predicted molar refractivity (Wildman–Crippen MR) is 126 cm³/mol. The number of nitrogens with one attached hydrogen (secondary N) is 1. The lowest BCUT2D eigenvalue weighted by Crippen LogP contribution is -2.41. The van der Waals surface area contributed by atoms with E-state index in [1.165, 1.54) is 22.8 Å². The lowest BCUT2D eigenvalue weighted by atomic mass is 10.3. The molecular formula is C22H27N3O5S2. The number of aromatic nitrogens is 1. The lowest BCUT2D eigenvalue weighted by molar-refractivity contribution is -0.118. The lowest BCUT2D eigenvalue weighted by Gasteiger charge is -2.29. The van der Waals surface area contributed by atoms with E-state index >= 15 is 0 Å². The second kappa shape index (κ2) is 9.85. The second-order valence-electron chi connectivity index (χ2n) is 7.66. The zero-order valence-corrected chi connectivity index (χ0v) is 20.3. The van der Waals surface area contributed by atoms with Gasteiger partial charge in [0.1, 0.15) is 0 Å². The summed E-state index contributed by atoms with van der Waals surface area (Å²) in [5, 5.41) is 3.07. The van der Waals surface area contributed by atoms with Crippen molar-refractivity contribution in [2.75, 3.05) is 19.0 Å². The number of para-hydroxylation sites is 2. The third-order valence-corrected chi connectivity index (χ3v) is 7.81. The second-order valence-corrected chi connectivity index (χ2v) is 10.5. The summed E-state index contributed by atoms with van der Waals surface area (Å²) in [5.74, 6) is 0.614. The van der Waals surface area contributed by atoms with Crippen LogP contribution in [0.2, 0.25) is 0 Å². The maximum atomic E-state index is 13.1. The Labute approximate surface area is 192 Å². The molecule has 0 spiro atoms. The zero-order chi connectivity index (χ0) is 23.5. The van der Waals surface area contributed by atoms with Gasteiger partial charge in [0.05, 0.1) is 22.2 Å². The summed E-state index contributed by atoms with van der Waals surface area (Å²) in [5.41, 5.74) is 0.607. The van der Waals surface area contributed by atoms with E-state index in [1.54, 1.807) is 36.4 Å². The molecule has 8 nitrogen and oxygen atoms in total. The van der Waals surface area contributed by atoms with Crippen molar-refractivity contribution in [2.45, 2.75) is 44.7 Å². The molecule has 0 aliphatic rings. The first-order valence-electron chi connectivity index (χ1n) is 10.1. The number of thiazole rings is 1. The van der Waals surface area contributed by atoms with Gasteiger partial charge >= 0.3 is 0 Å². The number of anilines is 1. The number of carbonyl (C=O) groups excluding carboxylic acids is 1. The van der Waals surface area contributed by atoms with Crippen molar-refractivity contribution in [3.63, 3.8) is 0 Å². The first-order chi connectivity index (χ1) is 15.1. The molecular weight excluding hydrogens is 450 g/mol. The fourth-order valence-electron chi connectivity index (χ4n) is 3.43. The third-order valence-electron chi connectivity index (χ3n) is 4.63. The summed E-state index contributed by atoms with van der Waals surface area (Å²) in [6.07, 6.45) is 0. The van der Waals surface area contributed by atoms with Crippen LogP contribution in [-0.4, -0.2) is 49.4 Å². The van der Waals surface area contributed by atoms with Crippen LogP contribution in [0.25, 0.3) is 10.2 Å². The van der Waals surface area contributed by atoms with Crippen LogP contribution in [0.4, 0.5) is 5.13 Å². The highest BCUT2D eigenvalue weighted by Gasteiger charge is 2.29. The van der Waals surface area contributed by atoms with E-state index in [0.717, 1.165) is 0 Å². The first-order valence-corrected chi connectivity index (χ1v) is 12.4. The molecule has 172 valence electrons. The summed E-state index contributed by atoms with van der Waals surface area (Å²) in [6, 6.07) is 11.5. The Bertz CT molecular complexity index is 1200. The number of methoxy groups -OCH3 is 1. The molecule has 1 N–H and O–H groups in total. The van der Waals surface area contributed by atoms with Crippen LogP contribution in [-0.2, 0) is 14.8 Å². The number of sulfonamides is 1. The van der Waals surface area contributed by atoms with Gasteiger partial charge in [-0.2, -0.15) is 4.31 Å². The zero-order valence-electron chi connectivity index (χ0n) is 18.7. The summed E-state index contributed by atoms with van der Waals surface area (Å²) in [4.78, 5) is 16.9. The topological polar surface area (TPSA) is 97.8 Å². The summed E-state index contributed by atoms with van der Waals surface area (Å²) in [6.45, 7) is 7.19. The van der Waals surface area contributed by atoms with E-state index in [1.807, 2.05) is 33.8 Å². The van der Waals surface area contributed by atoms with Crippen molar-refractivity contribution in [3.05, 3.63) is 42.5 Å². The number of hydrogen-bond donors (Lipinski definition) is 1. The number of ether oxygens (including phenoxy) is 2. The van der Waals surface area contributed by atoms with Gasteiger partial charge < -0.3 is 9.47 Å². The van der Waals surface area contributed by atoms with Gasteiger partial charge in [-0.3, -0.25) is 10.1 Å². The molecule has 10 heteroatoms. The van der Waals surface area contributed by atoms with Crippen LogP contribution in [0.3, 0.4) is 0 Å². The van der Waals surface area contributed by atoms with Crippen LogP contribution in [0.5, 0.6) is 11.5 Å². The van der Waals surface area contributed by atoms with Gasteiger partial charge in [-0.1, -0.05) is 23.5 Å². The molecule has 1 heterocycles. The monoisotopic (exact) mass is 477 g/mol. The van der Waals surface area contributed by atoms with Gasteiger partial charge in [0.25, 0.3) is 5.91 Å². The number of fused-ring (bicyclic) bond motifs is 1. The molecule has 0 aliphatic carbocycles. The first kappa shape index (κ1) is 24.0. The fraction of sp³-hybridized carbons (Fsp3) is 0.364. The maximum Gasteiger partial charge on any atom is 0.264 e. The van der Waals surface area contributed by atoms with E-state index in [9.17, 15) is 13.2 Å². The Kier molecular flexibility index (Phi) is 7.37. The van der Waals surface area contributed by atoms with E-state index < -0.39 is 10.0 Å². The highest BCUT2D eigenvalue weighted by Crippen LogP contribution is 2.30. The largest absolute Gasteiger partial charge is 0.493 e. The van der Waals surface area contributed by atoms with Gasteiger partial charge in [-0.25, -0.2) is 13.4 Å². The van der Waals surface area contributed by atoms with Crippen LogP contribution in [0, 0.1) is 0 Å². The molecule has 0 saturated heterocycles. The van der Waals surface area contributed by atoms with Gasteiger partial charge in [-0.05, 0) is 58.0 Å². The SMILES string of the molecule is COc1ccccc1OCC(=O)Nc1nc2ccc(S(=O)(=O)N(C(C)C)C(C)C)cc2s1. The predicted octanol–water partition coefficient (Wildman–Crippen LogP) is 4.13. The Balaban J connectivity index is 1.75. The minimum absolute atomic E-state index is 0.171. The normalized spacial score (nSPS) is 12.0. The molecule has 0 fully saturated rings. The molecule has 0 radical (unpaired) electrons. The molecule has 3 aromatic rings. The minimum Gasteiger partial charge on any atom is -0.493 e. The summed E-state index contributed by atoms with van der Waals surface area (Å²) in [7, 11) is -2.13. The molecule has 1 amide bonds. The standard InChI is InChI=1S/C22H27N3O5S2/c1-14(2)25(15(3)4)32(27,28)16-10-11-17-20(12-16)31-22(23-17)24-21(26)13-30-19-9-7-6-8-18(19)29-5/h6-12,14-15H,13H2,1-5H3,(H,23,24,26). The van der Waals surface area contributed by atoms with Crippen LogP contribution >= 0.6 is 11.3 Å². The van der Waals surface area contributed by atoms with Gasteiger partial charge in [-0.15, -0.1) is 0 Å². The van der Waals surface area contributed by atoms with Crippen molar-refractivity contribution in [1.29, 1.82) is 0 Å². The van der Waals surface area contributed by atoms with E-state index in [2.05, 4.69) is 10.3 Å². The quantitative estimate of drug-likeness (QED) is 0.498. The molecule has 32 heavy (non-hydrogen) atoms. The highest BCUT2D eigenvalue weighted by atomic mass is 32.2. The third kappa shape index (κ3) is 5.20. The number of hydrogen-bond acceptors (Lipinski definition) is 7. The van der Waals surface area contributed by atoms with Crippen molar-refractivity contribution < 1.29 is 22.7 Å². The molecule has 3 rings (SSSR count). The summed E-state index contributed by atoms with van der Waals surface area (Å²) < 4.78 is 39.1.